The standard InChI is InChI=1S/C13H18N2O4/c1-3-19-12-5-4-11(6-10(12)8-16)15-13(18)7-14-9(2)17/h4-6,16H,3,7-8H2,1-2H3,(H,14,17)(H,15,18). The van der Waals surface area contributed by atoms with Crippen LogP contribution in [0.1, 0.15) is 19.4 Å². The monoisotopic (exact) mass is 266 g/mol. The number of amides is 2. The summed E-state index contributed by atoms with van der Waals surface area (Å²) in [6, 6.07) is 5.00. The largest absolute Gasteiger partial charge is 0.494 e. The number of hydrogen-bond donors (Lipinski definition) is 3. The number of anilines is 1. The molecule has 19 heavy (non-hydrogen) atoms. The lowest BCUT2D eigenvalue weighted by Gasteiger charge is -2.11. The molecule has 1 aromatic rings. The molecule has 0 saturated heterocycles. The molecule has 0 heterocycles. The van der Waals surface area contributed by atoms with E-state index in [1.54, 1.807) is 18.2 Å². The first-order valence-electron chi connectivity index (χ1n) is 5.97. The maximum absolute atomic E-state index is 11.5. The number of aliphatic hydroxyl groups is 1. The Kier molecular flexibility index (Phi) is 5.81. The van der Waals surface area contributed by atoms with Crippen LogP contribution in [-0.4, -0.2) is 30.1 Å². The predicted molar refractivity (Wildman–Crippen MR) is 70.8 cm³/mol. The molecule has 0 aliphatic heterocycles. The van der Waals surface area contributed by atoms with Crippen LogP contribution in [0, 0.1) is 0 Å². The number of ether oxygens (including phenoxy) is 1. The predicted octanol–water partition coefficient (Wildman–Crippen LogP) is 0.652. The second-order valence-electron chi connectivity index (χ2n) is 3.87. The Morgan fingerprint density at radius 1 is 1.37 bits per heavy atom. The smallest absolute Gasteiger partial charge is 0.243 e. The van der Waals surface area contributed by atoms with Gasteiger partial charge in [-0.2, -0.15) is 0 Å². The van der Waals surface area contributed by atoms with Gasteiger partial charge in [0.1, 0.15) is 5.75 Å². The fourth-order valence-corrected chi connectivity index (χ4v) is 1.49. The molecule has 3 N–H and O–H groups in total. The maximum Gasteiger partial charge on any atom is 0.243 e. The van der Waals surface area contributed by atoms with E-state index in [0.717, 1.165) is 0 Å². The molecule has 1 rings (SSSR count). The van der Waals surface area contributed by atoms with Crippen molar-refractivity contribution in [2.75, 3.05) is 18.5 Å². The minimum Gasteiger partial charge on any atom is -0.494 e. The normalized spacial score (nSPS) is 9.84. The Hall–Kier alpha value is -2.08. The minimum atomic E-state index is -0.330. The van der Waals surface area contributed by atoms with Gasteiger partial charge in [-0.15, -0.1) is 0 Å². The van der Waals surface area contributed by atoms with Gasteiger partial charge in [-0.25, -0.2) is 0 Å². The van der Waals surface area contributed by atoms with Gasteiger partial charge in [-0.3, -0.25) is 9.59 Å². The number of aliphatic hydroxyl groups excluding tert-OH is 1. The minimum absolute atomic E-state index is 0.0863. The first-order valence-corrected chi connectivity index (χ1v) is 5.97. The van der Waals surface area contributed by atoms with Gasteiger partial charge in [0.05, 0.1) is 19.8 Å². The van der Waals surface area contributed by atoms with Gasteiger partial charge in [-0.05, 0) is 25.1 Å². The van der Waals surface area contributed by atoms with E-state index in [1.807, 2.05) is 6.92 Å². The highest BCUT2D eigenvalue weighted by atomic mass is 16.5. The fourth-order valence-electron chi connectivity index (χ4n) is 1.49. The van der Waals surface area contributed by atoms with E-state index < -0.39 is 0 Å². The van der Waals surface area contributed by atoms with Gasteiger partial charge in [-0.1, -0.05) is 0 Å². The summed E-state index contributed by atoms with van der Waals surface area (Å²) in [7, 11) is 0. The van der Waals surface area contributed by atoms with E-state index in [4.69, 9.17) is 4.74 Å². The third-order valence-electron chi connectivity index (χ3n) is 2.31. The van der Waals surface area contributed by atoms with E-state index >= 15 is 0 Å². The third-order valence-corrected chi connectivity index (χ3v) is 2.31. The Labute approximate surface area is 111 Å². The van der Waals surface area contributed by atoms with E-state index in [-0.39, 0.29) is 25.0 Å². The highest BCUT2D eigenvalue weighted by Crippen LogP contribution is 2.22. The molecule has 0 bridgehead atoms. The zero-order valence-corrected chi connectivity index (χ0v) is 11.0. The van der Waals surface area contributed by atoms with Crippen molar-refractivity contribution in [2.45, 2.75) is 20.5 Å². The summed E-state index contributed by atoms with van der Waals surface area (Å²) in [4.78, 5) is 22.2. The van der Waals surface area contributed by atoms with E-state index in [1.165, 1.54) is 6.92 Å². The summed E-state index contributed by atoms with van der Waals surface area (Å²) in [6.45, 7) is 3.43. The number of carbonyl (C=O) groups is 2. The topological polar surface area (TPSA) is 87.7 Å². The van der Waals surface area contributed by atoms with Crippen LogP contribution in [0.5, 0.6) is 5.75 Å². The van der Waals surface area contributed by atoms with Crippen molar-refractivity contribution in [1.82, 2.24) is 5.32 Å². The van der Waals surface area contributed by atoms with Crippen LogP contribution in [0.4, 0.5) is 5.69 Å². The van der Waals surface area contributed by atoms with Gasteiger partial charge in [0, 0.05) is 18.2 Å². The van der Waals surface area contributed by atoms with E-state index in [2.05, 4.69) is 10.6 Å². The molecule has 0 aliphatic carbocycles. The Bertz CT molecular complexity index is 460. The molecule has 0 aliphatic rings. The fraction of sp³-hybridized carbons (Fsp3) is 0.385. The molecular formula is C13H18N2O4. The zero-order chi connectivity index (χ0) is 14.3. The number of nitrogens with one attached hydrogen (secondary N) is 2. The van der Waals surface area contributed by atoms with Crippen LogP contribution in [-0.2, 0) is 16.2 Å². The molecular weight excluding hydrogens is 248 g/mol. The summed E-state index contributed by atoms with van der Waals surface area (Å²) in [5.41, 5.74) is 1.14. The van der Waals surface area contributed by atoms with Gasteiger partial charge in [0.2, 0.25) is 11.8 Å². The lowest BCUT2D eigenvalue weighted by molar-refractivity contribution is -0.122. The van der Waals surface area contributed by atoms with Crippen molar-refractivity contribution in [3.8, 4) is 5.75 Å². The van der Waals surface area contributed by atoms with Gasteiger partial charge < -0.3 is 20.5 Å². The van der Waals surface area contributed by atoms with Crippen LogP contribution in [0.25, 0.3) is 0 Å². The van der Waals surface area contributed by atoms with Gasteiger partial charge >= 0.3 is 0 Å². The van der Waals surface area contributed by atoms with Crippen molar-refractivity contribution >= 4 is 17.5 Å². The summed E-state index contributed by atoms with van der Waals surface area (Å²) < 4.78 is 5.34. The molecule has 6 nitrogen and oxygen atoms in total. The summed E-state index contributed by atoms with van der Waals surface area (Å²) in [5.74, 6) is -0.00833. The molecule has 0 aromatic heterocycles. The Balaban J connectivity index is 2.68. The molecule has 104 valence electrons. The third kappa shape index (κ3) is 4.97. The zero-order valence-electron chi connectivity index (χ0n) is 11.0. The van der Waals surface area contributed by atoms with Crippen LogP contribution < -0.4 is 15.4 Å². The first-order chi connectivity index (χ1) is 9.06. The van der Waals surface area contributed by atoms with Crippen molar-refractivity contribution in [3.63, 3.8) is 0 Å². The lowest BCUT2D eigenvalue weighted by atomic mass is 10.2. The van der Waals surface area contributed by atoms with Crippen molar-refractivity contribution in [3.05, 3.63) is 23.8 Å². The first kappa shape index (κ1) is 15.0. The summed E-state index contributed by atoms with van der Waals surface area (Å²) >= 11 is 0. The number of carbonyl (C=O) groups excluding carboxylic acids is 2. The van der Waals surface area contributed by atoms with Gasteiger partial charge in [0.15, 0.2) is 0 Å². The van der Waals surface area contributed by atoms with Gasteiger partial charge in [0.25, 0.3) is 0 Å². The molecule has 0 fully saturated rings. The van der Waals surface area contributed by atoms with Crippen molar-refractivity contribution < 1.29 is 19.4 Å². The number of rotatable bonds is 6. The molecule has 6 heteroatoms. The molecule has 0 saturated carbocycles. The van der Waals surface area contributed by atoms with Crippen LogP contribution in [0.2, 0.25) is 0 Å². The average Bonchev–Trinajstić information content (AvgIpc) is 2.38. The summed E-state index contributed by atoms with van der Waals surface area (Å²) in [6.07, 6.45) is 0. The quantitative estimate of drug-likeness (QED) is 0.705. The van der Waals surface area contributed by atoms with Crippen LogP contribution >= 0.6 is 0 Å². The summed E-state index contributed by atoms with van der Waals surface area (Å²) in [5, 5.41) is 14.3. The molecule has 2 amide bonds. The highest BCUT2D eigenvalue weighted by molar-refractivity contribution is 5.94. The average molecular weight is 266 g/mol. The maximum atomic E-state index is 11.5. The van der Waals surface area contributed by atoms with Crippen LogP contribution in [0.15, 0.2) is 18.2 Å². The molecule has 0 spiro atoms. The highest BCUT2D eigenvalue weighted by Gasteiger charge is 2.07. The molecule has 0 unspecified atom stereocenters. The molecule has 0 atom stereocenters. The van der Waals surface area contributed by atoms with Crippen molar-refractivity contribution in [2.24, 2.45) is 0 Å². The SMILES string of the molecule is CCOc1ccc(NC(=O)CNC(C)=O)cc1CO. The Morgan fingerprint density at radius 2 is 2.11 bits per heavy atom. The van der Waals surface area contributed by atoms with E-state index in [9.17, 15) is 14.7 Å². The molecule has 0 radical (unpaired) electrons. The van der Waals surface area contributed by atoms with Crippen molar-refractivity contribution in [1.29, 1.82) is 0 Å². The number of benzene rings is 1. The van der Waals surface area contributed by atoms with E-state index in [0.29, 0.717) is 23.6 Å². The second-order valence-corrected chi connectivity index (χ2v) is 3.87. The molecule has 1 aromatic carbocycles. The number of hydrogen-bond acceptors (Lipinski definition) is 4. The Morgan fingerprint density at radius 3 is 2.68 bits per heavy atom. The lowest BCUT2D eigenvalue weighted by Crippen LogP contribution is -2.31. The van der Waals surface area contributed by atoms with Crippen LogP contribution in [0.3, 0.4) is 0 Å². The second kappa shape index (κ2) is 7.38.